The van der Waals surface area contributed by atoms with Crippen LogP contribution in [0.25, 0.3) is 0 Å². The van der Waals surface area contributed by atoms with Gasteiger partial charge in [-0.2, -0.15) is 0 Å². The molecule has 31 heavy (non-hydrogen) atoms. The molecule has 1 saturated heterocycles. The summed E-state index contributed by atoms with van der Waals surface area (Å²) < 4.78 is 0. The molecule has 3 rings (SSSR count). The van der Waals surface area contributed by atoms with Crippen molar-refractivity contribution in [3.63, 3.8) is 0 Å². The molecule has 1 heterocycles. The molecule has 2 aromatic rings. The van der Waals surface area contributed by atoms with Crippen LogP contribution in [-0.2, 0) is 11.2 Å². The number of aryl methyl sites for hydroxylation is 1. The van der Waals surface area contributed by atoms with Crippen LogP contribution in [0.1, 0.15) is 42.5 Å². The fraction of sp³-hybridized carbons (Fsp3) is 0.391. The highest BCUT2D eigenvalue weighted by atomic mass is 35.5. The zero-order valence-electron chi connectivity index (χ0n) is 18.0. The maximum atomic E-state index is 12.1. The Labute approximate surface area is 189 Å². The van der Waals surface area contributed by atoms with Crippen LogP contribution in [0.15, 0.2) is 42.5 Å². The van der Waals surface area contributed by atoms with Gasteiger partial charge in [0.15, 0.2) is 6.04 Å². The summed E-state index contributed by atoms with van der Waals surface area (Å²) >= 11 is 0. The number of carboxylic acid groups (broad SMARTS) is 1. The molecule has 1 fully saturated rings. The molecule has 2 aromatic carbocycles. The number of hydrogen-bond acceptors (Lipinski definition) is 5. The first kappa shape index (κ1) is 24.5. The van der Waals surface area contributed by atoms with Crippen LogP contribution in [0.2, 0.25) is 0 Å². The number of benzene rings is 2. The van der Waals surface area contributed by atoms with Crippen LogP contribution in [0.5, 0.6) is 0 Å². The van der Waals surface area contributed by atoms with Crippen LogP contribution in [0.4, 0.5) is 11.4 Å². The average molecular weight is 446 g/mol. The highest BCUT2D eigenvalue weighted by molar-refractivity contribution is 5.95. The third-order valence-electron chi connectivity index (χ3n) is 5.76. The molecule has 1 atom stereocenters. The number of carboxylic acids is 1. The van der Waals surface area contributed by atoms with Crippen molar-refractivity contribution >= 4 is 35.6 Å². The van der Waals surface area contributed by atoms with Crippen molar-refractivity contribution in [2.45, 2.75) is 38.3 Å². The summed E-state index contributed by atoms with van der Waals surface area (Å²) in [6.07, 6.45) is 2.98. The summed E-state index contributed by atoms with van der Waals surface area (Å²) in [4.78, 5) is 14.4. The molecular formula is C23H32ClN5O2. The number of nitrogens with one attached hydrogen (secondary N) is 3. The van der Waals surface area contributed by atoms with Gasteiger partial charge in [-0.05, 0) is 79.9 Å². The number of amidine groups is 1. The van der Waals surface area contributed by atoms with E-state index in [1.165, 1.54) is 0 Å². The topological polar surface area (TPSA) is 114 Å². The molecule has 1 aliphatic heterocycles. The van der Waals surface area contributed by atoms with E-state index in [1.807, 2.05) is 12.1 Å². The van der Waals surface area contributed by atoms with Gasteiger partial charge in [-0.25, -0.2) is 4.79 Å². The van der Waals surface area contributed by atoms with Gasteiger partial charge in [-0.3, -0.25) is 5.41 Å². The van der Waals surface area contributed by atoms with Gasteiger partial charge in [0.25, 0.3) is 0 Å². The van der Waals surface area contributed by atoms with Crippen LogP contribution < -0.4 is 21.3 Å². The Balaban J connectivity index is 0.00000341. The van der Waals surface area contributed by atoms with Gasteiger partial charge in [0.05, 0.1) is 0 Å². The zero-order valence-corrected chi connectivity index (χ0v) is 18.8. The van der Waals surface area contributed by atoms with E-state index in [9.17, 15) is 9.90 Å². The quantitative estimate of drug-likeness (QED) is 0.314. The summed E-state index contributed by atoms with van der Waals surface area (Å²) in [6.45, 7) is 4.09. The van der Waals surface area contributed by atoms with E-state index in [1.54, 1.807) is 24.3 Å². The highest BCUT2D eigenvalue weighted by Gasteiger charge is 2.23. The maximum absolute atomic E-state index is 12.1. The Kier molecular flexibility index (Phi) is 8.71. The average Bonchev–Trinajstić information content (AvgIpc) is 2.77. The van der Waals surface area contributed by atoms with Crippen molar-refractivity contribution in [3.8, 4) is 0 Å². The lowest BCUT2D eigenvalue weighted by atomic mass is 9.98. The minimum Gasteiger partial charge on any atom is -0.479 e. The standard InChI is InChI=1S/C23H31N5O2.ClH/c1-3-15-12-17(14-20(13-15)28(2)19-8-10-26-11-9-19)21(23(29)30)27-18-6-4-16(5-7-18)22(24)25;/h4-7,12-14,19,21,26-27H,3,8-11H2,1-2H3,(H3,24,25)(H,29,30);1H. The van der Waals surface area contributed by atoms with Gasteiger partial charge >= 0.3 is 5.97 Å². The molecule has 0 bridgehead atoms. The van der Waals surface area contributed by atoms with E-state index >= 15 is 0 Å². The van der Waals surface area contributed by atoms with Crippen LogP contribution >= 0.6 is 12.4 Å². The Morgan fingerprint density at radius 1 is 1.26 bits per heavy atom. The number of carbonyl (C=O) groups is 1. The summed E-state index contributed by atoms with van der Waals surface area (Å²) in [5, 5.41) is 23.9. The summed E-state index contributed by atoms with van der Waals surface area (Å²) in [6, 6.07) is 12.6. The van der Waals surface area contributed by atoms with Gasteiger partial charge in [0.1, 0.15) is 5.84 Å². The first-order valence-electron chi connectivity index (χ1n) is 10.4. The summed E-state index contributed by atoms with van der Waals surface area (Å²) in [7, 11) is 2.10. The maximum Gasteiger partial charge on any atom is 0.330 e. The Morgan fingerprint density at radius 3 is 2.45 bits per heavy atom. The minimum atomic E-state index is -0.936. The smallest absolute Gasteiger partial charge is 0.330 e. The molecular weight excluding hydrogens is 414 g/mol. The Hall–Kier alpha value is -2.77. The van der Waals surface area contributed by atoms with E-state index in [4.69, 9.17) is 11.1 Å². The van der Waals surface area contributed by atoms with Gasteiger partial charge in [-0.1, -0.05) is 13.0 Å². The van der Waals surface area contributed by atoms with Crippen LogP contribution in [0.3, 0.4) is 0 Å². The second-order valence-electron chi connectivity index (χ2n) is 7.79. The predicted molar refractivity (Wildman–Crippen MR) is 129 cm³/mol. The van der Waals surface area contributed by atoms with Gasteiger partial charge in [0, 0.05) is 30.0 Å². The molecule has 6 N–H and O–H groups in total. The van der Waals surface area contributed by atoms with Crippen molar-refractivity contribution in [2.24, 2.45) is 5.73 Å². The SMILES string of the molecule is CCc1cc(C(Nc2ccc(C(=N)N)cc2)C(=O)O)cc(N(C)C2CCNCC2)c1.Cl. The van der Waals surface area contributed by atoms with Gasteiger partial charge < -0.3 is 26.4 Å². The van der Waals surface area contributed by atoms with Crippen LogP contribution in [-0.4, -0.2) is 43.1 Å². The second kappa shape index (κ2) is 11.0. The molecule has 0 spiro atoms. The number of anilines is 2. The fourth-order valence-electron chi connectivity index (χ4n) is 3.88. The number of rotatable bonds is 8. The number of nitrogen functional groups attached to an aromatic ring is 1. The largest absolute Gasteiger partial charge is 0.479 e. The summed E-state index contributed by atoms with van der Waals surface area (Å²) in [5.74, 6) is -0.952. The number of piperidine rings is 1. The molecule has 1 unspecified atom stereocenters. The Bertz CT molecular complexity index is 897. The third kappa shape index (κ3) is 6.12. The molecule has 8 heteroatoms. The molecule has 168 valence electrons. The molecule has 0 radical (unpaired) electrons. The predicted octanol–water partition coefficient (Wildman–Crippen LogP) is 3.38. The van der Waals surface area contributed by atoms with Crippen molar-refractivity contribution in [3.05, 3.63) is 59.2 Å². The second-order valence-corrected chi connectivity index (χ2v) is 7.79. The van der Waals surface area contributed by atoms with E-state index in [2.05, 4.69) is 35.6 Å². The normalized spacial score (nSPS) is 14.9. The molecule has 0 amide bonds. The fourth-order valence-corrected chi connectivity index (χ4v) is 3.88. The molecule has 0 saturated carbocycles. The highest BCUT2D eigenvalue weighted by Crippen LogP contribution is 2.28. The number of nitrogens with two attached hydrogens (primary N) is 1. The Morgan fingerprint density at radius 2 is 1.90 bits per heavy atom. The lowest BCUT2D eigenvalue weighted by Crippen LogP contribution is -2.41. The minimum absolute atomic E-state index is 0. The monoisotopic (exact) mass is 445 g/mol. The van der Waals surface area contributed by atoms with Crippen molar-refractivity contribution in [1.82, 2.24) is 5.32 Å². The molecule has 7 nitrogen and oxygen atoms in total. The van der Waals surface area contributed by atoms with E-state index in [0.717, 1.165) is 49.2 Å². The van der Waals surface area contributed by atoms with Crippen molar-refractivity contribution in [1.29, 1.82) is 5.41 Å². The number of halogens is 1. The van der Waals surface area contributed by atoms with Gasteiger partial charge in [-0.15, -0.1) is 12.4 Å². The molecule has 0 aromatic heterocycles. The number of hydrogen-bond donors (Lipinski definition) is 5. The number of nitrogens with zero attached hydrogens (tertiary/aromatic N) is 1. The third-order valence-corrected chi connectivity index (χ3v) is 5.76. The first-order chi connectivity index (χ1) is 14.4. The van der Waals surface area contributed by atoms with Crippen molar-refractivity contribution in [2.75, 3.05) is 30.4 Å². The molecule has 0 aliphatic carbocycles. The lowest BCUT2D eigenvalue weighted by molar-refractivity contribution is -0.138. The zero-order chi connectivity index (χ0) is 21.7. The lowest BCUT2D eigenvalue weighted by Gasteiger charge is -2.34. The van der Waals surface area contributed by atoms with Gasteiger partial charge in [0.2, 0.25) is 0 Å². The first-order valence-corrected chi connectivity index (χ1v) is 10.4. The molecule has 1 aliphatic rings. The van der Waals surface area contributed by atoms with Crippen LogP contribution in [0, 0.1) is 5.41 Å². The van der Waals surface area contributed by atoms with E-state index < -0.39 is 12.0 Å². The number of aliphatic carboxylic acids is 1. The summed E-state index contributed by atoms with van der Waals surface area (Å²) in [5.41, 5.74) is 9.67. The van der Waals surface area contributed by atoms with E-state index in [0.29, 0.717) is 17.3 Å². The van der Waals surface area contributed by atoms with E-state index in [-0.39, 0.29) is 18.2 Å². The van der Waals surface area contributed by atoms with Crippen molar-refractivity contribution < 1.29 is 9.90 Å².